The maximum Gasteiger partial charge on any atom is 0.314 e. The van der Waals surface area contributed by atoms with Crippen LogP contribution in [0.25, 0.3) is 0 Å². The van der Waals surface area contributed by atoms with Gasteiger partial charge in [-0.15, -0.1) is 0 Å². The minimum atomic E-state index is -0.776. The van der Waals surface area contributed by atoms with Gasteiger partial charge in [-0.05, 0) is 47.0 Å². The predicted molar refractivity (Wildman–Crippen MR) is 107 cm³/mol. The molecule has 0 amide bonds. The molecule has 0 aliphatic carbocycles. The molecule has 0 heterocycles. The SMILES string of the molecule is CCCCCCCCCC(OC(=O)C(C)(C)CC)OC(=O)C(C)(C)CC. The van der Waals surface area contributed by atoms with Gasteiger partial charge in [0.15, 0.2) is 0 Å². The molecule has 0 unspecified atom stereocenters. The van der Waals surface area contributed by atoms with E-state index in [4.69, 9.17) is 9.47 Å². The summed E-state index contributed by atoms with van der Waals surface area (Å²) in [5.41, 5.74) is -1.13. The number of esters is 2. The molecular weight excluding hydrogens is 328 g/mol. The molecule has 0 fully saturated rings. The van der Waals surface area contributed by atoms with Crippen LogP contribution < -0.4 is 0 Å². The van der Waals surface area contributed by atoms with Crippen molar-refractivity contribution in [1.82, 2.24) is 0 Å². The minimum absolute atomic E-state index is 0.296. The maximum atomic E-state index is 12.4. The molecule has 0 saturated carbocycles. The number of rotatable bonds is 14. The van der Waals surface area contributed by atoms with E-state index in [9.17, 15) is 9.59 Å². The number of carbonyl (C=O) groups excluding carboxylic acids is 2. The van der Waals surface area contributed by atoms with Crippen molar-refractivity contribution in [3.05, 3.63) is 0 Å². The monoisotopic (exact) mass is 370 g/mol. The van der Waals surface area contributed by atoms with Gasteiger partial charge in [-0.25, -0.2) is 0 Å². The first-order valence-electron chi connectivity index (χ1n) is 10.5. The van der Waals surface area contributed by atoms with Crippen molar-refractivity contribution < 1.29 is 19.1 Å². The summed E-state index contributed by atoms with van der Waals surface area (Å²) in [7, 11) is 0. The number of hydrogen-bond donors (Lipinski definition) is 0. The van der Waals surface area contributed by atoms with Crippen molar-refractivity contribution in [2.75, 3.05) is 0 Å². The first kappa shape index (κ1) is 24.9. The van der Waals surface area contributed by atoms with Gasteiger partial charge in [-0.2, -0.15) is 0 Å². The maximum absolute atomic E-state index is 12.4. The highest BCUT2D eigenvalue weighted by Gasteiger charge is 2.34. The van der Waals surface area contributed by atoms with Crippen LogP contribution >= 0.6 is 0 Å². The average molecular weight is 371 g/mol. The zero-order valence-corrected chi connectivity index (χ0v) is 18.3. The van der Waals surface area contributed by atoms with Crippen LogP contribution in [0.15, 0.2) is 0 Å². The Morgan fingerprint density at radius 1 is 0.692 bits per heavy atom. The lowest BCUT2D eigenvalue weighted by molar-refractivity contribution is -0.201. The van der Waals surface area contributed by atoms with Crippen molar-refractivity contribution in [1.29, 1.82) is 0 Å². The third-order valence-corrected chi connectivity index (χ3v) is 5.39. The highest BCUT2D eigenvalue weighted by atomic mass is 16.7. The Labute approximate surface area is 161 Å². The average Bonchev–Trinajstić information content (AvgIpc) is 2.60. The van der Waals surface area contributed by atoms with E-state index in [1.165, 1.54) is 32.1 Å². The lowest BCUT2D eigenvalue weighted by Crippen LogP contribution is -2.36. The van der Waals surface area contributed by atoms with Crippen LogP contribution in [-0.4, -0.2) is 18.2 Å². The predicted octanol–water partition coefficient (Wildman–Crippen LogP) is 6.41. The highest BCUT2D eigenvalue weighted by molar-refractivity contribution is 5.77. The van der Waals surface area contributed by atoms with Gasteiger partial charge in [0.2, 0.25) is 6.29 Å². The van der Waals surface area contributed by atoms with Crippen LogP contribution in [0.1, 0.15) is 113 Å². The molecule has 0 aromatic carbocycles. The van der Waals surface area contributed by atoms with Crippen molar-refractivity contribution in [2.45, 2.75) is 119 Å². The molecule has 154 valence electrons. The number of hydrogen-bond acceptors (Lipinski definition) is 4. The van der Waals surface area contributed by atoms with Gasteiger partial charge in [-0.1, -0.05) is 59.3 Å². The van der Waals surface area contributed by atoms with Crippen LogP contribution in [0.5, 0.6) is 0 Å². The molecule has 0 N–H and O–H groups in total. The highest BCUT2D eigenvalue weighted by Crippen LogP contribution is 2.26. The Hall–Kier alpha value is -1.06. The summed E-state index contributed by atoms with van der Waals surface area (Å²) in [6.45, 7) is 13.6. The molecule has 4 nitrogen and oxygen atoms in total. The smallest absolute Gasteiger partial charge is 0.314 e. The largest absolute Gasteiger partial charge is 0.425 e. The van der Waals surface area contributed by atoms with Crippen molar-refractivity contribution >= 4 is 11.9 Å². The van der Waals surface area contributed by atoms with E-state index in [0.29, 0.717) is 19.3 Å². The standard InChI is InChI=1S/C22H42O4/c1-8-11-12-13-14-15-16-17-18(25-19(23)21(4,5)9-2)26-20(24)22(6,7)10-3/h18H,8-17H2,1-7H3. The molecule has 0 bridgehead atoms. The van der Waals surface area contributed by atoms with Gasteiger partial charge < -0.3 is 9.47 Å². The second-order valence-electron chi connectivity index (χ2n) is 8.63. The fraction of sp³-hybridized carbons (Fsp3) is 0.909. The second-order valence-corrected chi connectivity index (χ2v) is 8.63. The first-order valence-corrected chi connectivity index (χ1v) is 10.5. The number of ether oxygens (including phenoxy) is 2. The Kier molecular flexibility index (Phi) is 11.8. The lowest BCUT2D eigenvalue weighted by Gasteiger charge is -2.28. The molecular formula is C22H42O4. The van der Waals surface area contributed by atoms with E-state index >= 15 is 0 Å². The van der Waals surface area contributed by atoms with Crippen molar-refractivity contribution in [3.8, 4) is 0 Å². The van der Waals surface area contributed by atoms with E-state index in [1.807, 2.05) is 41.5 Å². The Bertz CT molecular complexity index is 382. The summed E-state index contributed by atoms with van der Waals surface area (Å²) in [5.74, 6) is -0.592. The molecule has 0 aliphatic heterocycles. The molecule has 0 radical (unpaired) electrons. The fourth-order valence-electron chi connectivity index (χ4n) is 2.26. The third-order valence-electron chi connectivity index (χ3n) is 5.39. The number of unbranched alkanes of at least 4 members (excludes halogenated alkanes) is 6. The molecule has 26 heavy (non-hydrogen) atoms. The molecule has 0 aliphatic rings. The van der Waals surface area contributed by atoms with Crippen LogP contribution in [0.2, 0.25) is 0 Å². The van der Waals surface area contributed by atoms with E-state index in [1.54, 1.807) is 0 Å². The van der Waals surface area contributed by atoms with E-state index in [-0.39, 0.29) is 11.9 Å². The summed E-state index contributed by atoms with van der Waals surface area (Å²) >= 11 is 0. The summed E-state index contributed by atoms with van der Waals surface area (Å²) in [6, 6.07) is 0. The van der Waals surface area contributed by atoms with Crippen molar-refractivity contribution in [2.24, 2.45) is 10.8 Å². The van der Waals surface area contributed by atoms with Gasteiger partial charge in [0.05, 0.1) is 10.8 Å². The summed E-state index contributed by atoms with van der Waals surface area (Å²) in [5, 5.41) is 0. The van der Waals surface area contributed by atoms with Crippen LogP contribution in [0.3, 0.4) is 0 Å². The Balaban J connectivity index is 4.64. The third kappa shape index (κ3) is 9.59. The van der Waals surface area contributed by atoms with Gasteiger partial charge in [0, 0.05) is 6.42 Å². The van der Waals surface area contributed by atoms with Gasteiger partial charge in [0.25, 0.3) is 0 Å². The van der Waals surface area contributed by atoms with Crippen LogP contribution in [0.4, 0.5) is 0 Å². The zero-order chi connectivity index (χ0) is 20.2. The quantitative estimate of drug-likeness (QED) is 0.201. The van der Waals surface area contributed by atoms with E-state index < -0.39 is 17.1 Å². The molecule has 0 rings (SSSR count). The molecule has 4 heteroatoms. The minimum Gasteiger partial charge on any atom is -0.425 e. The van der Waals surface area contributed by atoms with Crippen LogP contribution in [-0.2, 0) is 19.1 Å². The second kappa shape index (κ2) is 12.3. The van der Waals surface area contributed by atoms with Crippen molar-refractivity contribution in [3.63, 3.8) is 0 Å². The molecule has 0 saturated heterocycles. The fourth-order valence-corrected chi connectivity index (χ4v) is 2.26. The Morgan fingerprint density at radius 2 is 1.08 bits per heavy atom. The van der Waals surface area contributed by atoms with Crippen LogP contribution in [0, 0.1) is 10.8 Å². The molecule has 0 aromatic heterocycles. The zero-order valence-electron chi connectivity index (χ0n) is 18.3. The van der Waals surface area contributed by atoms with E-state index in [2.05, 4.69) is 6.92 Å². The lowest BCUT2D eigenvalue weighted by atomic mass is 9.90. The topological polar surface area (TPSA) is 52.6 Å². The van der Waals surface area contributed by atoms with Gasteiger partial charge in [-0.3, -0.25) is 9.59 Å². The van der Waals surface area contributed by atoms with Gasteiger partial charge >= 0.3 is 11.9 Å². The molecule has 0 aromatic rings. The first-order chi connectivity index (χ1) is 12.1. The summed E-state index contributed by atoms with van der Waals surface area (Å²) in [4.78, 5) is 24.8. The Morgan fingerprint density at radius 3 is 1.46 bits per heavy atom. The van der Waals surface area contributed by atoms with E-state index in [0.717, 1.165) is 12.8 Å². The summed E-state index contributed by atoms with van der Waals surface area (Å²) in [6.07, 6.45) is 9.37. The molecule has 0 atom stereocenters. The molecule has 0 spiro atoms. The number of carbonyl (C=O) groups is 2. The summed E-state index contributed by atoms with van der Waals surface area (Å²) < 4.78 is 11.2. The normalized spacial score (nSPS) is 12.3. The van der Waals surface area contributed by atoms with Gasteiger partial charge in [0.1, 0.15) is 0 Å².